The number of aliphatic hydroxyl groups is 1. The van der Waals surface area contributed by atoms with Gasteiger partial charge in [-0.25, -0.2) is 0 Å². The van der Waals surface area contributed by atoms with E-state index in [2.05, 4.69) is 20.3 Å². The van der Waals surface area contributed by atoms with Crippen molar-refractivity contribution in [3.05, 3.63) is 18.2 Å². The normalized spacial score (nSPS) is 16.6. The number of phenols is 1. The van der Waals surface area contributed by atoms with Crippen molar-refractivity contribution in [2.24, 2.45) is 0 Å². The van der Waals surface area contributed by atoms with Gasteiger partial charge in [-0.15, -0.1) is 5.10 Å². The molecule has 140 valence electrons. The van der Waals surface area contributed by atoms with Crippen LogP contribution in [0.5, 0.6) is 5.75 Å². The van der Waals surface area contributed by atoms with Crippen LogP contribution in [0.15, 0.2) is 18.2 Å². The Morgan fingerprint density at radius 2 is 1.76 bits per heavy atom. The fourth-order valence-corrected chi connectivity index (χ4v) is 2.97. The highest BCUT2D eigenvalue weighted by atomic mass is 32.2. The highest BCUT2D eigenvalue weighted by Crippen LogP contribution is 2.18. The summed E-state index contributed by atoms with van der Waals surface area (Å²) in [7, 11) is -3.84. The first kappa shape index (κ1) is 19.5. The summed E-state index contributed by atoms with van der Waals surface area (Å²) in [5.74, 6) is -0.0428. The molecule has 0 saturated carbocycles. The molecular weight excluding hydrogens is 350 g/mol. The molecule has 0 aliphatic carbocycles. The Hall–Kier alpha value is -1.79. The van der Waals surface area contributed by atoms with Crippen LogP contribution >= 0.6 is 0 Å². The zero-order valence-electron chi connectivity index (χ0n) is 13.7. The molecule has 3 rings (SSSR count). The molecule has 1 aromatic carbocycles. The smallest absolute Gasteiger partial charge is 0.266 e. The van der Waals surface area contributed by atoms with Gasteiger partial charge in [0.1, 0.15) is 5.75 Å². The minimum Gasteiger partial charge on any atom is -0.506 e. The SMILES string of the molecule is O=S(=O)(O)CCN1CCN(CCO)CC1.Oc1cccc2[nH]nnc12. The van der Waals surface area contributed by atoms with E-state index in [1.54, 1.807) is 18.2 Å². The number of nitrogens with one attached hydrogen (secondary N) is 1. The summed E-state index contributed by atoms with van der Waals surface area (Å²) in [4.78, 5) is 4.13. The first-order valence-corrected chi connectivity index (χ1v) is 9.49. The number of fused-ring (bicyclic) bond motifs is 1. The molecule has 0 atom stereocenters. The maximum absolute atomic E-state index is 10.5. The lowest BCUT2D eigenvalue weighted by molar-refractivity contribution is 0.116. The molecule has 2 aromatic rings. The van der Waals surface area contributed by atoms with Crippen molar-refractivity contribution in [3.63, 3.8) is 0 Å². The summed E-state index contributed by atoms with van der Waals surface area (Å²) < 4.78 is 29.6. The number of aromatic amines is 1. The van der Waals surface area contributed by atoms with E-state index in [0.717, 1.165) is 31.7 Å². The summed E-state index contributed by atoms with van der Waals surface area (Å²) in [5.41, 5.74) is 1.27. The van der Waals surface area contributed by atoms with Gasteiger partial charge < -0.3 is 10.2 Å². The average molecular weight is 373 g/mol. The van der Waals surface area contributed by atoms with Crippen molar-refractivity contribution < 1.29 is 23.2 Å². The quantitative estimate of drug-likeness (QED) is 0.493. The molecule has 1 aromatic heterocycles. The third-order valence-electron chi connectivity index (χ3n) is 3.88. The zero-order valence-corrected chi connectivity index (χ0v) is 14.6. The topological polar surface area (TPSA) is 143 Å². The van der Waals surface area contributed by atoms with Gasteiger partial charge in [0.05, 0.1) is 17.9 Å². The summed E-state index contributed by atoms with van der Waals surface area (Å²) in [6.07, 6.45) is 0. The van der Waals surface area contributed by atoms with Gasteiger partial charge >= 0.3 is 0 Å². The molecule has 1 saturated heterocycles. The van der Waals surface area contributed by atoms with E-state index in [4.69, 9.17) is 14.8 Å². The lowest BCUT2D eigenvalue weighted by Gasteiger charge is -2.33. The standard InChI is InChI=1S/C8H18N2O4S.C6H5N3O/c11-7-5-9-1-3-10(4-2-9)6-8-15(12,13)14;10-5-3-1-2-4-6(5)8-9-7-4/h11H,1-8H2,(H,12,13,14);1-3,10H,(H,7,8,9). The number of phenolic OH excluding ortho intramolecular Hbond substituents is 1. The van der Waals surface area contributed by atoms with Crippen LogP contribution in [0.3, 0.4) is 0 Å². The van der Waals surface area contributed by atoms with Crippen LogP contribution in [-0.4, -0.2) is 100 Å². The maximum atomic E-state index is 10.5. The Kier molecular flexibility index (Phi) is 7.08. The van der Waals surface area contributed by atoms with Gasteiger partial charge in [-0.05, 0) is 12.1 Å². The summed E-state index contributed by atoms with van der Waals surface area (Å²) in [6.45, 7) is 4.46. The Labute approximate surface area is 145 Å². The summed E-state index contributed by atoms with van der Waals surface area (Å²) in [6, 6.07) is 5.11. The first-order chi connectivity index (χ1) is 11.9. The molecule has 1 aliphatic heterocycles. The van der Waals surface area contributed by atoms with Crippen molar-refractivity contribution >= 4 is 21.2 Å². The van der Waals surface area contributed by atoms with Gasteiger partial charge in [-0.3, -0.25) is 19.5 Å². The Balaban J connectivity index is 0.000000194. The molecule has 10 nitrogen and oxygen atoms in total. The molecule has 25 heavy (non-hydrogen) atoms. The lowest BCUT2D eigenvalue weighted by Crippen LogP contribution is -2.48. The Morgan fingerprint density at radius 1 is 1.12 bits per heavy atom. The second-order valence-corrected chi connectivity index (χ2v) is 7.25. The Morgan fingerprint density at radius 3 is 2.32 bits per heavy atom. The van der Waals surface area contributed by atoms with Crippen LogP contribution in [0.4, 0.5) is 0 Å². The highest BCUT2D eigenvalue weighted by molar-refractivity contribution is 7.85. The molecule has 2 heterocycles. The number of nitrogens with zero attached hydrogens (tertiary/aromatic N) is 4. The third-order valence-corrected chi connectivity index (χ3v) is 4.58. The molecule has 1 aliphatic rings. The van der Waals surface area contributed by atoms with Crippen molar-refractivity contribution in [2.45, 2.75) is 0 Å². The van der Waals surface area contributed by atoms with Crippen molar-refractivity contribution in [2.75, 3.05) is 51.6 Å². The van der Waals surface area contributed by atoms with Crippen molar-refractivity contribution in [3.8, 4) is 5.75 Å². The third kappa shape index (κ3) is 6.55. The van der Waals surface area contributed by atoms with Gasteiger partial charge in [-0.2, -0.15) is 8.42 Å². The van der Waals surface area contributed by atoms with Crippen LogP contribution in [0, 0.1) is 0 Å². The second kappa shape index (κ2) is 9.06. The predicted molar refractivity (Wildman–Crippen MR) is 91.9 cm³/mol. The van der Waals surface area contributed by atoms with E-state index in [1.165, 1.54) is 0 Å². The first-order valence-electron chi connectivity index (χ1n) is 7.88. The van der Waals surface area contributed by atoms with Crippen LogP contribution in [0.2, 0.25) is 0 Å². The monoisotopic (exact) mass is 373 g/mol. The number of aromatic nitrogens is 3. The van der Waals surface area contributed by atoms with Gasteiger partial charge in [0.2, 0.25) is 0 Å². The van der Waals surface area contributed by atoms with E-state index < -0.39 is 10.1 Å². The van der Waals surface area contributed by atoms with E-state index >= 15 is 0 Å². The second-order valence-electron chi connectivity index (χ2n) is 5.68. The number of aromatic hydroxyl groups is 1. The predicted octanol–water partition coefficient (Wildman–Crippen LogP) is -0.852. The lowest BCUT2D eigenvalue weighted by atomic mass is 10.3. The fourth-order valence-electron chi connectivity index (χ4n) is 2.48. The average Bonchev–Trinajstić information content (AvgIpc) is 3.05. The molecule has 0 bridgehead atoms. The number of hydrogen-bond acceptors (Lipinski definition) is 8. The Bertz CT molecular complexity index is 758. The molecule has 0 spiro atoms. The molecule has 0 unspecified atom stereocenters. The molecular formula is C14H23N5O5S. The maximum Gasteiger partial charge on any atom is 0.266 e. The van der Waals surface area contributed by atoms with Crippen LogP contribution < -0.4 is 0 Å². The van der Waals surface area contributed by atoms with Gasteiger partial charge in [0, 0.05) is 39.3 Å². The van der Waals surface area contributed by atoms with Crippen LogP contribution in [0.1, 0.15) is 0 Å². The highest BCUT2D eigenvalue weighted by Gasteiger charge is 2.17. The molecule has 0 amide bonds. The number of rotatable bonds is 5. The van der Waals surface area contributed by atoms with Gasteiger partial charge in [0.25, 0.3) is 10.1 Å². The minimum absolute atomic E-state index is 0.158. The van der Waals surface area contributed by atoms with E-state index in [0.29, 0.717) is 18.6 Å². The molecule has 1 fully saturated rings. The van der Waals surface area contributed by atoms with E-state index in [9.17, 15) is 8.42 Å². The molecule has 0 radical (unpaired) electrons. The largest absolute Gasteiger partial charge is 0.506 e. The summed E-state index contributed by atoms with van der Waals surface area (Å²) >= 11 is 0. The zero-order chi connectivity index (χ0) is 18.3. The van der Waals surface area contributed by atoms with Gasteiger partial charge in [0.15, 0.2) is 5.52 Å². The van der Waals surface area contributed by atoms with E-state index in [-0.39, 0.29) is 18.1 Å². The number of H-pyrrole nitrogens is 1. The minimum atomic E-state index is -3.84. The van der Waals surface area contributed by atoms with Gasteiger partial charge in [-0.1, -0.05) is 11.3 Å². The number of aliphatic hydroxyl groups excluding tert-OH is 1. The molecule has 11 heteroatoms. The van der Waals surface area contributed by atoms with E-state index in [1.807, 2.05) is 4.90 Å². The molecule has 4 N–H and O–H groups in total. The fraction of sp³-hybridized carbons (Fsp3) is 0.571. The number of benzene rings is 1. The van der Waals surface area contributed by atoms with Crippen molar-refractivity contribution in [1.82, 2.24) is 25.2 Å². The van der Waals surface area contributed by atoms with Crippen molar-refractivity contribution in [1.29, 1.82) is 0 Å². The van der Waals surface area contributed by atoms with Crippen LogP contribution in [-0.2, 0) is 10.1 Å². The number of piperazine rings is 1. The summed E-state index contributed by atoms with van der Waals surface area (Å²) in [5, 5.41) is 27.7. The number of hydrogen-bond donors (Lipinski definition) is 4. The number of β-amino-alcohol motifs (C(OH)–C–C–N with tert-alkyl or cyclic N) is 1. The van der Waals surface area contributed by atoms with Crippen LogP contribution in [0.25, 0.3) is 11.0 Å².